The van der Waals surface area contributed by atoms with Gasteiger partial charge in [-0.15, -0.1) is 0 Å². The van der Waals surface area contributed by atoms with Gasteiger partial charge in [-0.25, -0.2) is 0 Å². The summed E-state index contributed by atoms with van der Waals surface area (Å²) in [5.74, 6) is 0.0896. The minimum Gasteiger partial charge on any atom is -0.358 e. The van der Waals surface area contributed by atoms with Gasteiger partial charge in [0.05, 0.1) is 6.04 Å². The van der Waals surface area contributed by atoms with Crippen LogP contribution in [0.5, 0.6) is 0 Å². The summed E-state index contributed by atoms with van der Waals surface area (Å²) in [4.78, 5) is 14.5. The van der Waals surface area contributed by atoms with Gasteiger partial charge in [0.25, 0.3) is 0 Å². The first kappa shape index (κ1) is 17.9. The van der Waals surface area contributed by atoms with Crippen molar-refractivity contribution in [2.75, 3.05) is 13.6 Å². The number of amides is 1. The second kappa shape index (κ2) is 8.48. The first-order chi connectivity index (χ1) is 12.2. The van der Waals surface area contributed by atoms with Crippen LogP contribution in [0.15, 0.2) is 54.6 Å². The summed E-state index contributed by atoms with van der Waals surface area (Å²) in [6, 6.07) is 18.4. The number of carbonyl (C=O) groups excluding carboxylic acids is 1. The van der Waals surface area contributed by atoms with E-state index in [-0.39, 0.29) is 11.9 Å². The maximum atomic E-state index is 12.3. The van der Waals surface area contributed by atoms with Crippen molar-refractivity contribution in [3.63, 3.8) is 0 Å². The first-order valence-corrected chi connectivity index (χ1v) is 9.01. The van der Waals surface area contributed by atoms with Crippen LogP contribution in [0.1, 0.15) is 17.5 Å². The molecule has 0 saturated carbocycles. The van der Waals surface area contributed by atoms with Crippen molar-refractivity contribution in [1.29, 1.82) is 0 Å². The third-order valence-corrected chi connectivity index (χ3v) is 4.94. The van der Waals surface area contributed by atoms with Gasteiger partial charge < -0.3 is 10.6 Å². The van der Waals surface area contributed by atoms with E-state index in [4.69, 9.17) is 11.6 Å². The van der Waals surface area contributed by atoms with E-state index in [1.54, 1.807) is 7.05 Å². The molecule has 2 atom stereocenters. The van der Waals surface area contributed by atoms with Crippen LogP contribution in [-0.4, -0.2) is 36.5 Å². The Morgan fingerprint density at radius 1 is 1.12 bits per heavy atom. The van der Waals surface area contributed by atoms with Crippen LogP contribution in [0.4, 0.5) is 0 Å². The van der Waals surface area contributed by atoms with Gasteiger partial charge in [-0.2, -0.15) is 0 Å². The van der Waals surface area contributed by atoms with Gasteiger partial charge in [-0.05, 0) is 29.7 Å². The third-order valence-electron chi connectivity index (χ3n) is 4.69. The summed E-state index contributed by atoms with van der Waals surface area (Å²) in [6.07, 6.45) is 0.820. The number of hydrogen-bond donors (Lipinski definition) is 2. The van der Waals surface area contributed by atoms with Crippen LogP contribution in [0.3, 0.4) is 0 Å². The highest BCUT2D eigenvalue weighted by Crippen LogP contribution is 2.21. The normalized spacial score (nSPS) is 20.6. The van der Waals surface area contributed by atoms with Crippen LogP contribution >= 0.6 is 11.6 Å². The zero-order valence-corrected chi connectivity index (χ0v) is 15.2. The summed E-state index contributed by atoms with van der Waals surface area (Å²) in [7, 11) is 1.71. The van der Waals surface area contributed by atoms with E-state index in [2.05, 4.69) is 27.7 Å². The Morgan fingerprint density at radius 2 is 1.84 bits per heavy atom. The van der Waals surface area contributed by atoms with Crippen molar-refractivity contribution in [3.8, 4) is 0 Å². The Hall–Kier alpha value is -1.88. The van der Waals surface area contributed by atoms with Gasteiger partial charge in [0.1, 0.15) is 0 Å². The number of hydrogen-bond acceptors (Lipinski definition) is 3. The highest BCUT2D eigenvalue weighted by Gasteiger charge is 2.35. The SMILES string of the molecule is CNC(=O)[C@@H]1C[C@@H](NCc2ccc(Cl)cc2)CN1Cc1ccccc1. The maximum absolute atomic E-state index is 12.3. The van der Waals surface area contributed by atoms with Crippen molar-refractivity contribution in [1.82, 2.24) is 15.5 Å². The Kier molecular flexibility index (Phi) is 6.08. The number of likely N-dealkylation sites (tertiary alicyclic amines) is 1. The smallest absolute Gasteiger partial charge is 0.237 e. The Balaban J connectivity index is 1.62. The molecule has 1 heterocycles. The minimum absolute atomic E-state index is 0.0896. The molecule has 1 fully saturated rings. The predicted molar refractivity (Wildman–Crippen MR) is 101 cm³/mol. The lowest BCUT2D eigenvalue weighted by molar-refractivity contribution is -0.125. The van der Waals surface area contributed by atoms with E-state index in [1.165, 1.54) is 11.1 Å². The number of likely N-dealkylation sites (N-methyl/N-ethyl adjacent to an activating group) is 1. The monoisotopic (exact) mass is 357 g/mol. The van der Waals surface area contributed by atoms with Gasteiger partial charge in [0.15, 0.2) is 0 Å². The second-order valence-electron chi connectivity index (χ2n) is 6.49. The quantitative estimate of drug-likeness (QED) is 0.835. The second-order valence-corrected chi connectivity index (χ2v) is 6.92. The molecule has 25 heavy (non-hydrogen) atoms. The molecule has 0 unspecified atom stereocenters. The average molecular weight is 358 g/mol. The largest absolute Gasteiger partial charge is 0.358 e. The van der Waals surface area contributed by atoms with E-state index >= 15 is 0 Å². The molecular weight excluding hydrogens is 334 g/mol. The Morgan fingerprint density at radius 3 is 2.52 bits per heavy atom. The van der Waals surface area contributed by atoms with Crippen molar-refractivity contribution in [3.05, 3.63) is 70.7 Å². The zero-order chi connectivity index (χ0) is 17.6. The van der Waals surface area contributed by atoms with Crippen LogP contribution in [-0.2, 0) is 17.9 Å². The Bertz CT molecular complexity index is 690. The third kappa shape index (κ3) is 4.82. The van der Waals surface area contributed by atoms with Gasteiger partial charge >= 0.3 is 0 Å². The molecule has 1 amide bonds. The molecule has 1 saturated heterocycles. The highest BCUT2D eigenvalue weighted by atomic mass is 35.5. The zero-order valence-electron chi connectivity index (χ0n) is 14.4. The molecule has 5 heteroatoms. The minimum atomic E-state index is -0.0899. The van der Waals surface area contributed by atoms with Gasteiger partial charge in [-0.1, -0.05) is 54.1 Å². The molecular formula is C20H24ClN3O. The lowest BCUT2D eigenvalue weighted by Crippen LogP contribution is -2.41. The number of nitrogens with one attached hydrogen (secondary N) is 2. The standard InChI is InChI=1S/C20H24ClN3O/c1-22-20(25)19-11-18(23-12-15-7-9-17(21)10-8-15)14-24(19)13-16-5-3-2-4-6-16/h2-10,18-19,23H,11-14H2,1H3,(H,22,25)/t18-,19+/m1/s1. The summed E-state index contributed by atoms with van der Waals surface area (Å²) in [5.41, 5.74) is 2.43. The molecule has 2 aromatic carbocycles. The van der Waals surface area contributed by atoms with Crippen molar-refractivity contribution >= 4 is 17.5 Å². The lowest BCUT2D eigenvalue weighted by atomic mass is 10.1. The van der Waals surface area contributed by atoms with Gasteiger partial charge in [-0.3, -0.25) is 9.69 Å². The molecule has 1 aliphatic rings. The molecule has 132 valence electrons. The van der Waals surface area contributed by atoms with Crippen LogP contribution in [0.25, 0.3) is 0 Å². The molecule has 2 N–H and O–H groups in total. The molecule has 0 radical (unpaired) electrons. The van der Waals surface area contributed by atoms with Gasteiger partial charge in [0.2, 0.25) is 5.91 Å². The predicted octanol–water partition coefficient (Wildman–Crippen LogP) is 2.82. The van der Waals surface area contributed by atoms with Crippen molar-refractivity contribution in [2.24, 2.45) is 0 Å². The first-order valence-electron chi connectivity index (χ1n) is 8.63. The van der Waals surface area contributed by atoms with E-state index in [0.717, 1.165) is 31.1 Å². The molecule has 0 aromatic heterocycles. The summed E-state index contributed by atoms with van der Waals surface area (Å²) < 4.78 is 0. The van der Waals surface area contributed by atoms with Crippen LogP contribution in [0, 0.1) is 0 Å². The van der Waals surface area contributed by atoms with Crippen molar-refractivity contribution in [2.45, 2.75) is 31.6 Å². The fourth-order valence-electron chi connectivity index (χ4n) is 3.35. The molecule has 0 bridgehead atoms. The van der Waals surface area contributed by atoms with E-state index in [0.29, 0.717) is 6.04 Å². The number of benzene rings is 2. The molecule has 0 aliphatic carbocycles. The Labute approximate surface area is 154 Å². The number of carbonyl (C=O) groups is 1. The van der Waals surface area contributed by atoms with Gasteiger partial charge in [0, 0.05) is 37.7 Å². The van der Waals surface area contributed by atoms with Crippen molar-refractivity contribution < 1.29 is 4.79 Å². The maximum Gasteiger partial charge on any atom is 0.237 e. The summed E-state index contributed by atoms with van der Waals surface area (Å²) in [5, 5.41) is 7.13. The van der Waals surface area contributed by atoms with E-state index in [1.807, 2.05) is 42.5 Å². The molecule has 4 nitrogen and oxygen atoms in total. The fraction of sp³-hybridized carbons (Fsp3) is 0.350. The highest BCUT2D eigenvalue weighted by molar-refractivity contribution is 6.30. The van der Waals surface area contributed by atoms with Crippen LogP contribution in [0.2, 0.25) is 5.02 Å². The average Bonchev–Trinajstić information content (AvgIpc) is 3.04. The molecule has 1 aliphatic heterocycles. The fourth-order valence-corrected chi connectivity index (χ4v) is 3.47. The summed E-state index contributed by atoms with van der Waals surface area (Å²) >= 11 is 5.93. The van der Waals surface area contributed by atoms with Crippen LogP contribution < -0.4 is 10.6 Å². The van der Waals surface area contributed by atoms with E-state index < -0.39 is 0 Å². The number of rotatable bonds is 6. The topological polar surface area (TPSA) is 44.4 Å². The molecule has 3 rings (SSSR count). The van der Waals surface area contributed by atoms with E-state index in [9.17, 15) is 4.79 Å². The molecule has 0 spiro atoms. The summed E-state index contributed by atoms with van der Waals surface area (Å²) in [6.45, 7) is 2.43. The lowest BCUT2D eigenvalue weighted by Gasteiger charge is -2.22. The molecule has 2 aromatic rings. The number of halogens is 1. The number of nitrogens with zero attached hydrogens (tertiary/aromatic N) is 1.